The first-order chi connectivity index (χ1) is 15.8. The molecule has 0 bridgehead atoms. The Morgan fingerprint density at radius 1 is 0.594 bits per heavy atom. The summed E-state index contributed by atoms with van der Waals surface area (Å²) < 4.78 is 0. The van der Waals surface area contributed by atoms with Crippen LogP contribution in [-0.2, 0) is 6.42 Å². The minimum Gasteiger partial charge on any atom is -0.310 e. The van der Waals surface area contributed by atoms with E-state index in [1.807, 2.05) is 6.07 Å². The molecular formula is C31H29N. The number of nitrogens with zero attached hydrogens (tertiary/aromatic N) is 1. The highest BCUT2D eigenvalue weighted by molar-refractivity contribution is 5.80. The number of hydrogen-bond acceptors (Lipinski definition) is 1. The number of hydrogen-bond donors (Lipinski definition) is 0. The van der Waals surface area contributed by atoms with Crippen molar-refractivity contribution in [3.63, 3.8) is 0 Å². The van der Waals surface area contributed by atoms with Crippen LogP contribution >= 0.6 is 0 Å². The van der Waals surface area contributed by atoms with E-state index in [0.717, 1.165) is 12.1 Å². The fourth-order valence-electron chi connectivity index (χ4n) is 3.94. The molecule has 1 nitrogen and oxygen atoms in total. The van der Waals surface area contributed by atoms with Crippen molar-refractivity contribution in [2.24, 2.45) is 0 Å². The predicted octanol–water partition coefficient (Wildman–Crippen LogP) is 8.75. The lowest BCUT2D eigenvalue weighted by Gasteiger charge is -2.29. The van der Waals surface area contributed by atoms with E-state index in [-0.39, 0.29) is 0 Å². The molecule has 0 saturated carbocycles. The first-order valence-corrected chi connectivity index (χ1v) is 11.2. The van der Waals surface area contributed by atoms with Crippen molar-refractivity contribution in [3.05, 3.63) is 138 Å². The Labute approximate surface area is 192 Å². The van der Waals surface area contributed by atoms with Crippen LogP contribution in [0.4, 0.5) is 17.1 Å². The van der Waals surface area contributed by atoms with E-state index in [9.17, 15) is 0 Å². The second-order valence-corrected chi connectivity index (χ2v) is 7.83. The van der Waals surface area contributed by atoms with Gasteiger partial charge in [0, 0.05) is 11.4 Å². The van der Waals surface area contributed by atoms with Gasteiger partial charge in [0.1, 0.15) is 0 Å². The average Bonchev–Trinajstić information content (AvgIpc) is 2.85. The predicted molar refractivity (Wildman–Crippen MR) is 140 cm³/mol. The summed E-state index contributed by atoms with van der Waals surface area (Å²) in [7, 11) is 0. The molecule has 0 aliphatic heterocycles. The van der Waals surface area contributed by atoms with Crippen LogP contribution in [0.3, 0.4) is 0 Å². The zero-order valence-corrected chi connectivity index (χ0v) is 18.8. The second kappa shape index (κ2) is 10.5. The summed E-state index contributed by atoms with van der Waals surface area (Å²) in [5.41, 5.74) is 8.63. The molecule has 4 rings (SSSR count). The first-order valence-electron chi connectivity index (χ1n) is 11.2. The number of para-hydroxylation sites is 2. The molecule has 0 aliphatic carbocycles. The largest absolute Gasteiger partial charge is 0.310 e. The molecule has 0 saturated heterocycles. The van der Waals surface area contributed by atoms with Gasteiger partial charge in [0.25, 0.3) is 0 Å². The summed E-state index contributed by atoms with van der Waals surface area (Å²) in [5.74, 6) is 0. The maximum absolute atomic E-state index is 2.37. The Morgan fingerprint density at radius 3 is 1.78 bits per heavy atom. The molecule has 1 heteroatoms. The number of aryl methyl sites for hydroxylation is 2. The zero-order chi connectivity index (χ0) is 22.2. The molecule has 32 heavy (non-hydrogen) atoms. The van der Waals surface area contributed by atoms with Gasteiger partial charge in [0.15, 0.2) is 0 Å². The Morgan fingerprint density at radius 2 is 1.16 bits per heavy atom. The monoisotopic (exact) mass is 415 g/mol. The topological polar surface area (TPSA) is 3.24 Å². The third-order valence-corrected chi connectivity index (χ3v) is 5.58. The van der Waals surface area contributed by atoms with Gasteiger partial charge in [-0.3, -0.25) is 0 Å². The quantitative estimate of drug-likeness (QED) is 0.273. The standard InChI is InChI=1S/C31H29N/c1-3-28-18-12-13-25(2)31(28)32(29-19-8-5-9-20-29)30-23-21-27(22-24-30)17-11-10-16-26-14-6-4-7-15-26/h4-24H,3H2,1-2H3/b16-10+,17-11+. The Bertz CT molecular complexity index is 1190. The maximum Gasteiger partial charge on any atom is 0.0522 e. The number of allylic oxidation sites excluding steroid dienone is 2. The molecule has 4 aromatic rings. The minimum atomic E-state index is 0.995. The van der Waals surface area contributed by atoms with Crippen LogP contribution in [0.5, 0.6) is 0 Å². The van der Waals surface area contributed by atoms with Crippen molar-refractivity contribution in [1.82, 2.24) is 0 Å². The van der Waals surface area contributed by atoms with Crippen LogP contribution in [0.2, 0.25) is 0 Å². The highest BCUT2D eigenvalue weighted by atomic mass is 15.1. The van der Waals surface area contributed by atoms with Crippen LogP contribution < -0.4 is 4.90 Å². The van der Waals surface area contributed by atoms with Gasteiger partial charge in [-0.2, -0.15) is 0 Å². The van der Waals surface area contributed by atoms with Crippen molar-refractivity contribution >= 4 is 29.2 Å². The van der Waals surface area contributed by atoms with Crippen LogP contribution in [0.1, 0.15) is 29.2 Å². The van der Waals surface area contributed by atoms with Crippen LogP contribution in [-0.4, -0.2) is 0 Å². The van der Waals surface area contributed by atoms with Crippen molar-refractivity contribution < 1.29 is 0 Å². The highest BCUT2D eigenvalue weighted by Gasteiger charge is 2.17. The minimum absolute atomic E-state index is 0.995. The van der Waals surface area contributed by atoms with Crippen molar-refractivity contribution in [1.29, 1.82) is 0 Å². The summed E-state index contributed by atoms with van der Waals surface area (Å²) in [6.07, 6.45) is 9.43. The first kappa shape index (κ1) is 21.4. The van der Waals surface area contributed by atoms with E-state index >= 15 is 0 Å². The molecule has 0 N–H and O–H groups in total. The van der Waals surface area contributed by atoms with Crippen LogP contribution in [0.25, 0.3) is 12.2 Å². The molecule has 158 valence electrons. The number of rotatable bonds is 7. The molecule has 0 atom stereocenters. The molecule has 0 unspecified atom stereocenters. The van der Waals surface area contributed by atoms with Crippen LogP contribution in [0, 0.1) is 6.92 Å². The lowest BCUT2D eigenvalue weighted by molar-refractivity contribution is 1.10. The van der Waals surface area contributed by atoms with Crippen molar-refractivity contribution in [3.8, 4) is 0 Å². The Kier molecular flexibility index (Phi) is 6.99. The van der Waals surface area contributed by atoms with E-state index in [0.29, 0.717) is 0 Å². The van der Waals surface area contributed by atoms with Crippen molar-refractivity contribution in [2.45, 2.75) is 20.3 Å². The lowest BCUT2D eigenvalue weighted by atomic mass is 10.0. The van der Waals surface area contributed by atoms with Gasteiger partial charge in [-0.1, -0.05) is 110 Å². The smallest absolute Gasteiger partial charge is 0.0522 e. The summed E-state index contributed by atoms with van der Waals surface area (Å²) in [5, 5.41) is 0. The summed E-state index contributed by atoms with van der Waals surface area (Å²) >= 11 is 0. The fraction of sp³-hybridized carbons (Fsp3) is 0.0968. The Hall–Kier alpha value is -3.84. The normalized spacial score (nSPS) is 11.3. The number of benzene rings is 4. The molecule has 0 aliphatic rings. The number of anilines is 3. The molecule has 0 aromatic heterocycles. The zero-order valence-electron chi connectivity index (χ0n) is 18.8. The summed E-state index contributed by atoms with van der Waals surface area (Å²) in [6.45, 7) is 4.42. The van der Waals surface area contributed by atoms with Gasteiger partial charge in [0.2, 0.25) is 0 Å². The van der Waals surface area contributed by atoms with Crippen molar-refractivity contribution in [2.75, 3.05) is 4.90 Å². The van der Waals surface area contributed by atoms with Gasteiger partial charge in [-0.25, -0.2) is 0 Å². The van der Waals surface area contributed by atoms with E-state index in [1.165, 1.54) is 33.6 Å². The average molecular weight is 416 g/mol. The Balaban J connectivity index is 1.63. The van der Waals surface area contributed by atoms with E-state index in [1.54, 1.807) is 0 Å². The van der Waals surface area contributed by atoms with Gasteiger partial charge in [-0.15, -0.1) is 0 Å². The molecule has 0 radical (unpaired) electrons. The second-order valence-electron chi connectivity index (χ2n) is 7.83. The van der Waals surface area contributed by atoms with E-state index < -0.39 is 0 Å². The molecule has 0 fully saturated rings. The molecule has 0 spiro atoms. The maximum atomic E-state index is 2.37. The summed E-state index contributed by atoms with van der Waals surface area (Å²) in [6, 6.07) is 36.3. The fourth-order valence-corrected chi connectivity index (χ4v) is 3.94. The van der Waals surface area contributed by atoms with Gasteiger partial charge in [0.05, 0.1) is 5.69 Å². The molecule has 4 aromatic carbocycles. The SMILES string of the molecule is CCc1cccc(C)c1N(c1ccccc1)c1ccc(/C=C/C=C/c2ccccc2)cc1. The van der Waals surface area contributed by atoms with E-state index in [2.05, 4.69) is 140 Å². The molecular weight excluding hydrogens is 386 g/mol. The van der Waals surface area contributed by atoms with Gasteiger partial charge >= 0.3 is 0 Å². The highest BCUT2D eigenvalue weighted by Crippen LogP contribution is 2.38. The van der Waals surface area contributed by atoms with Crippen LogP contribution in [0.15, 0.2) is 115 Å². The van der Waals surface area contributed by atoms with Gasteiger partial charge < -0.3 is 4.90 Å². The van der Waals surface area contributed by atoms with E-state index in [4.69, 9.17) is 0 Å². The lowest BCUT2D eigenvalue weighted by Crippen LogP contribution is -2.13. The summed E-state index contributed by atoms with van der Waals surface area (Å²) in [4.78, 5) is 2.37. The third-order valence-electron chi connectivity index (χ3n) is 5.58. The molecule has 0 amide bonds. The molecule has 0 heterocycles. The van der Waals surface area contributed by atoms with Gasteiger partial charge in [-0.05, 0) is 59.9 Å². The third kappa shape index (κ3) is 5.07.